The van der Waals surface area contributed by atoms with Crippen molar-refractivity contribution in [3.05, 3.63) is 0 Å². The van der Waals surface area contributed by atoms with E-state index in [2.05, 4.69) is 5.43 Å². The second kappa shape index (κ2) is 7.34. The minimum absolute atomic E-state index is 0.272. The largest absolute Gasteiger partial charge is 0.271 e. The molecule has 1 unspecified atom stereocenters. The highest BCUT2D eigenvalue weighted by Crippen LogP contribution is 2.29. The van der Waals surface area contributed by atoms with Crippen LogP contribution in [0.1, 0.15) is 51.4 Å². The monoisotopic (exact) mass is 262 g/mol. The Kier molecular flexibility index (Phi) is 6.44. The van der Waals surface area contributed by atoms with E-state index < -0.39 is 9.84 Å². The summed E-state index contributed by atoms with van der Waals surface area (Å²) in [5.41, 5.74) is 2.82. The predicted octanol–water partition coefficient (Wildman–Crippen LogP) is 1.61. The Morgan fingerprint density at radius 2 is 1.94 bits per heavy atom. The van der Waals surface area contributed by atoms with E-state index in [-0.39, 0.29) is 11.8 Å². The van der Waals surface area contributed by atoms with Gasteiger partial charge in [0.2, 0.25) is 0 Å². The number of sulfone groups is 1. The first-order valence-corrected chi connectivity index (χ1v) is 8.71. The highest BCUT2D eigenvalue weighted by molar-refractivity contribution is 7.90. The fourth-order valence-corrected chi connectivity index (χ4v) is 3.33. The fraction of sp³-hybridized carbons (Fsp3) is 1.00. The van der Waals surface area contributed by atoms with Crippen LogP contribution in [0.15, 0.2) is 0 Å². The van der Waals surface area contributed by atoms with Crippen LogP contribution in [-0.4, -0.2) is 26.5 Å². The molecule has 0 heterocycles. The average Bonchev–Trinajstić information content (AvgIpc) is 2.74. The van der Waals surface area contributed by atoms with E-state index in [1.165, 1.54) is 38.4 Å². The SMILES string of the molecule is CS(=O)(=O)CCCC(CCC1CCCC1)NN. The number of hydrogen-bond acceptors (Lipinski definition) is 4. The van der Waals surface area contributed by atoms with Crippen LogP contribution in [0.2, 0.25) is 0 Å². The summed E-state index contributed by atoms with van der Waals surface area (Å²) in [6.07, 6.45) is 10.6. The fourth-order valence-electron chi connectivity index (χ4n) is 2.64. The lowest BCUT2D eigenvalue weighted by molar-refractivity contribution is 0.392. The van der Waals surface area contributed by atoms with Gasteiger partial charge in [-0.15, -0.1) is 0 Å². The molecule has 1 saturated carbocycles. The van der Waals surface area contributed by atoms with Crippen molar-refractivity contribution in [1.29, 1.82) is 0 Å². The van der Waals surface area contributed by atoms with Crippen LogP contribution in [0.3, 0.4) is 0 Å². The molecule has 17 heavy (non-hydrogen) atoms. The maximum atomic E-state index is 11.0. The normalized spacial score (nSPS) is 19.6. The third-order valence-electron chi connectivity index (χ3n) is 3.70. The Labute approximate surface area is 105 Å². The smallest absolute Gasteiger partial charge is 0.147 e. The summed E-state index contributed by atoms with van der Waals surface area (Å²) < 4.78 is 22.0. The van der Waals surface area contributed by atoms with Crippen LogP contribution in [0.5, 0.6) is 0 Å². The quantitative estimate of drug-likeness (QED) is 0.515. The molecule has 0 aromatic rings. The third-order valence-corrected chi connectivity index (χ3v) is 4.73. The first kappa shape index (κ1) is 14.9. The second-order valence-corrected chi connectivity index (χ2v) is 7.62. The van der Waals surface area contributed by atoms with Gasteiger partial charge < -0.3 is 0 Å². The Balaban J connectivity index is 2.14. The maximum Gasteiger partial charge on any atom is 0.147 e. The lowest BCUT2D eigenvalue weighted by Crippen LogP contribution is -2.35. The molecule has 1 aliphatic carbocycles. The van der Waals surface area contributed by atoms with E-state index in [0.29, 0.717) is 6.42 Å². The van der Waals surface area contributed by atoms with Crippen molar-refractivity contribution < 1.29 is 8.42 Å². The van der Waals surface area contributed by atoms with Gasteiger partial charge in [0.1, 0.15) is 9.84 Å². The molecule has 1 fully saturated rings. The maximum absolute atomic E-state index is 11.0. The van der Waals surface area contributed by atoms with Crippen molar-refractivity contribution in [1.82, 2.24) is 5.43 Å². The van der Waals surface area contributed by atoms with Gasteiger partial charge in [0, 0.05) is 18.1 Å². The van der Waals surface area contributed by atoms with Gasteiger partial charge in [0.15, 0.2) is 0 Å². The van der Waals surface area contributed by atoms with Gasteiger partial charge in [0.05, 0.1) is 0 Å². The summed E-state index contributed by atoms with van der Waals surface area (Å²) in [4.78, 5) is 0. The zero-order chi connectivity index (χ0) is 12.7. The van der Waals surface area contributed by atoms with Crippen LogP contribution < -0.4 is 11.3 Å². The van der Waals surface area contributed by atoms with Gasteiger partial charge in [-0.2, -0.15) is 0 Å². The number of hydrogen-bond donors (Lipinski definition) is 2. The summed E-state index contributed by atoms with van der Waals surface area (Å²) in [5, 5.41) is 0. The molecule has 3 N–H and O–H groups in total. The van der Waals surface area contributed by atoms with Gasteiger partial charge in [-0.3, -0.25) is 11.3 Å². The van der Waals surface area contributed by atoms with E-state index in [1.54, 1.807) is 0 Å². The van der Waals surface area contributed by atoms with Crippen LogP contribution in [0, 0.1) is 5.92 Å². The number of nitrogens with two attached hydrogens (primary N) is 1. The summed E-state index contributed by atoms with van der Waals surface area (Å²) in [6.45, 7) is 0. The van der Waals surface area contributed by atoms with Crippen molar-refractivity contribution in [3.8, 4) is 0 Å². The molecular formula is C12H26N2O2S. The average molecular weight is 262 g/mol. The zero-order valence-corrected chi connectivity index (χ0v) is 11.6. The minimum atomic E-state index is -2.83. The Morgan fingerprint density at radius 1 is 1.29 bits per heavy atom. The molecule has 0 radical (unpaired) electrons. The molecule has 102 valence electrons. The van der Waals surface area contributed by atoms with Crippen LogP contribution in [0.25, 0.3) is 0 Å². The van der Waals surface area contributed by atoms with Crippen molar-refractivity contribution in [2.75, 3.05) is 12.0 Å². The number of nitrogens with one attached hydrogen (secondary N) is 1. The molecule has 1 rings (SSSR count). The van der Waals surface area contributed by atoms with Gasteiger partial charge >= 0.3 is 0 Å². The van der Waals surface area contributed by atoms with Crippen molar-refractivity contribution in [2.45, 2.75) is 57.4 Å². The van der Waals surface area contributed by atoms with E-state index in [1.807, 2.05) is 0 Å². The molecule has 0 spiro atoms. The van der Waals surface area contributed by atoms with E-state index in [4.69, 9.17) is 5.84 Å². The Morgan fingerprint density at radius 3 is 2.47 bits per heavy atom. The van der Waals surface area contributed by atoms with Crippen LogP contribution in [-0.2, 0) is 9.84 Å². The van der Waals surface area contributed by atoms with Gasteiger partial charge in [-0.25, -0.2) is 8.42 Å². The highest BCUT2D eigenvalue weighted by Gasteiger charge is 2.17. The molecule has 0 aromatic carbocycles. The predicted molar refractivity (Wildman–Crippen MR) is 71.2 cm³/mol. The summed E-state index contributed by atoms with van der Waals surface area (Å²) >= 11 is 0. The second-order valence-electron chi connectivity index (χ2n) is 5.36. The highest BCUT2D eigenvalue weighted by atomic mass is 32.2. The molecule has 0 bridgehead atoms. The zero-order valence-electron chi connectivity index (χ0n) is 10.8. The summed E-state index contributed by atoms with van der Waals surface area (Å²) in [7, 11) is -2.83. The van der Waals surface area contributed by atoms with Gasteiger partial charge in [-0.1, -0.05) is 25.7 Å². The van der Waals surface area contributed by atoms with Gasteiger partial charge in [-0.05, 0) is 31.6 Å². The van der Waals surface area contributed by atoms with Crippen molar-refractivity contribution in [3.63, 3.8) is 0 Å². The molecule has 1 aliphatic rings. The van der Waals surface area contributed by atoms with Crippen LogP contribution >= 0.6 is 0 Å². The summed E-state index contributed by atoms with van der Waals surface area (Å²) in [5.74, 6) is 6.66. The lowest BCUT2D eigenvalue weighted by atomic mass is 9.97. The lowest BCUT2D eigenvalue weighted by Gasteiger charge is -2.17. The molecular weight excluding hydrogens is 236 g/mol. The van der Waals surface area contributed by atoms with Gasteiger partial charge in [0.25, 0.3) is 0 Å². The topological polar surface area (TPSA) is 72.2 Å². The van der Waals surface area contributed by atoms with Crippen molar-refractivity contribution >= 4 is 9.84 Å². The molecule has 4 nitrogen and oxygen atoms in total. The molecule has 0 saturated heterocycles. The summed E-state index contributed by atoms with van der Waals surface area (Å²) in [6, 6.07) is 0.275. The minimum Gasteiger partial charge on any atom is -0.271 e. The van der Waals surface area contributed by atoms with Crippen LogP contribution in [0.4, 0.5) is 0 Å². The molecule has 5 heteroatoms. The molecule has 0 aromatic heterocycles. The van der Waals surface area contributed by atoms with E-state index in [0.717, 1.165) is 18.8 Å². The molecule has 0 aliphatic heterocycles. The molecule has 1 atom stereocenters. The standard InChI is InChI=1S/C12H26N2O2S/c1-17(15,16)10-4-7-12(14-13)9-8-11-5-2-3-6-11/h11-12,14H,2-10,13H2,1H3. The van der Waals surface area contributed by atoms with E-state index >= 15 is 0 Å². The third kappa shape index (κ3) is 7.01. The Hall–Kier alpha value is -0.130. The first-order chi connectivity index (χ1) is 8.01. The molecule has 0 amide bonds. The Bertz CT molecular complexity index is 298. The number of rotatable bonds is 8. The van der Waals surface area contributed by atoms with Crippen molar-refractivity contribution in [2.24, 2.45) is 11.8 Å². The number of hydrazine groups is 1. The first-order valence-electron chi connectivity index (χ1n) is 6.65. The van der Waals surface area contributed by atoms with E-state index in [9.17, 15) is 8.42 Å².